The van der Waals surface area contributed by atoms with Crippen molar-refractivity contribution in [2.45, 2.75) is 13.8 Å². The van der Waals surface area contributed by atoms with Gasteiger partial charge in [0.05, 0.1) is 0 Å². The first-order valence-corrected chi connectivity index (χ1v) is 4.34. The molecule has 0 N–H and O–H groups in total. The van der Waals surface area contributed by atoms with Crippen molar-refractivity contribution < 1.29 is 0 Å². The quantitative estimate of drug-likeness (QED) is 0.625. The fourth-order valence-corrected chi connectivity index (χ4v) is 1.55. The largest absolute Gasteiger partial charge is 0.285 e. The van der Waals surface area contributed by atoms with E-state index in [-0.39, 0.29) is 10.9 Å². The second-order valence-corrected chi connectivity index (χ2v) is 3.34. The molecule has 14 heavy (non-hydrogen) atoms. The Bertz CT molecular complexity index is 563. The highest BCUT2D eigenvalue weighted by molar-refractivity contribution is 5.69. The standard InChI is InChI=1S/C11H9NO2/c1-6-5-8(3-4-12-6)9-7(2)10(13)11(9)14/h3-5H,1-2H3. The van der Waals surface area contributed by atoms with Crippen molar-refractivity contribution in [3.63, 3.8) is 0 Å². The second-order valence-electron chi connectivity index (χ2n) is 3.34. The summed E-state index contributed by atoms with van der Waals surface area (Å²) in [5, 5.41) is 0. The molecule has 1 aromatic heterocycles. The zero-order valence-corrected chi connectivity index (χ0v) is 8.00. The minimum absolute atomic E-state index is 0.366. The van der Waals surface area contributed by atoms with Crippen molar-refractivity contribution >= 4 is 0 Å². The molecule has 0 aliphatic heterocycles. The normalized spacial score (nSPS) is 10.7. The van der Waals surface area contributed by atoms with Crippen molar-refractivity contribution in [3.05, 3.63) is 50.0 Å². The van der Waals surface area contributed by atoms with Gasteiger partial charge in [-0.05, 0) is 31.5 Å². The second kappa shape index (κ2) is 2.87. The molecule has 0 saturated heterocycles. The minimum atomic E-state index is -0.381. The molecule has 0 aliphatic carbocycles. The van der Waals surface area contributed by atoms with Crippen molar-refractivity contribution in [1.29, 1.82) is 0 Å². The Hall–Kier alpha value is -1.77. The lowest BCUT2D eigenvalue weighted by Gasteiger charge is -2.06. The maximum absolute atomic E-state index is 11.3. The van der Waals surface area contributed by atoms with Gasteiger partial charge in [-0.25, -0.2) is 0 Å². The van der Waals surface area contributed by atoms with Crippen LogP contribution in [0.3, 0.4) is 0 Å². The first kappa shape index (κ1) is 8.81. The van der Waals surface area contributed by atoms with Gasteiger partial charge in [-0.1, -0.05) is 0 Å². The first-order valence-electron chi connectivity index (χ1n) is 4.34. The lowest BCUT2D eigenvalue weighted by atomic mass is 9.95. The van der Waals surface area contributed by atoms with E-state index >= 15 is 0 Å². The van der Waals surface area contributed by atoms with Gasteiger partial charge >= 0.3 is 0 Å². The maximum atomic E-state index is 11.3. The summed E-state index contributed by atoms with van der Waals surface area (Å²) in [5.74, 6) is 0. The average Bonchev–Trinajstić information content (AvgIpc) is 2.18. The summed E-state index contributed by atoms with van der Waals surface area (Å²) in [6.07, 6.45) is 1.64. The molecule has 1 heterocycles. The van der Waals surface area contributed by atoms with E-state index in [9.17, 15) is 9.59 Å². The SMILES string of the molecule is Cc1cc(-c2c(C)c(=O)c2=O)ccn1. The van der Waals surface area contributed by atoms with Crippen LogP contribution in [0.15, 0.2) is 27.9 Å². The number of aryl methyl sites for hydroxylation is 1. The molecule has 1 aromatic carbocycles. The highest BCUT2D eigenvalue weighted by Crippen LogP contribution is 2.18. The third kappa shape index (κ3) is 1.09. The lowest BCUT2D eigenvalue weighted by molar-refractivity contribution is 1.19. The molecule has 0 amide bonds. The summed E-state index contributed by atoms with van der Waals surface area (Å²) in [7, 11) is 0. The molecule has 70 valence electrons. The molecule has 0 unspecified atom stereocenters. The number of hydrogen-bond donors (Lipinski definition) is 0. The Morgan fingerprint density at radius 3 is 2.43 bits per heavy atom. The van der Waals surface area contributed by atoms with Gasteiger partial charge in [-0.3, -0.25) is 14.6 Å². The smallest absolute Gasteiger partial charge is 0.234 e. The van der Waals surface area contributed by atoms with Crippen LogP contribution in [0.4, 0.5) is 0 Å². The van der Waals surface area contributed by atoms with Gasteiger partial charge in [0.25, 0.3) is 0 Å². The van der Waals surface area contributed by atoms with E-state index in [1.807, 2.05) is 13.0 Å². The topological polar surface area (TPSA) is 47.0 Å². The third-order valence-corrected chi connectivity index (χ3v) is 2.33. The van der Waals surface area contributed by atoms with Gasteiger partial charge < -0.3 is 0 Å². The van der Waals surface area contributed by atoms with E-state index in [4.69, 9.17) is 0 Å². The molecule has 3 nitrogen and oxygen atoms in total. The summed E-state index contributed by atoms with van der Waals surface area (Å²) in [6, 6.07) is 3.55. The molecule has 0 atom stereocenters. The van der Waals surface area contributed by atoms with Crippen LogP contribution in [-0.2, 0) is 0 Å². The zero-order valence-electron chi connectivity index (χ0n) is 8.00. The molecular formula is C11H9NO2. The Balaban J connectivity index is 2.63. The predicted octanol–water partition coefficient (Wildman–Crippen LogP) is 0.961. The minimum Gasteiger partial charge on any atom is -0.285 e. The Labute approximate surface area is 80.7 Å². The van der Waals surface area contributed by atoms with E-state index in [1.54, 1.807) is 19.2 Å². The molecule has 0 spiro atoms. The summed E-state index contributed by atoms with van der Waals surface area (Å²) in [6.45, 7) is 3.53. The van der Waals surface area contributed by atoms with Crippen LogP contribution < -0.4 is 10.9 Å². The summed E-state index contributed by atoms with van der Waals surface area (Å²) < 4.78 is 0. The zero-order chi connectivity index (χ0) is 10.3. The van der Waals surface area contributed by atoms with Gasteiger partial charge in [0.2, 0.25) is 10.9 Å². The molecular weight excluding hydrogens is 178 g/mol. The van der Waals surface area contributed by atoms with Gasteiger partial charge in [0.15, 0.2) is 0 Å². The molecule has 0 saturated carbocycles. The van der Waals surface area contributed by atoms with E-state index in [2.05, 4.69) is 4.98 Å². The van der Waals surface area contributed by atoms with Crippen molar-refractivity contribution in [1.82, 2.24) is 4.98 Å². The van der Waals surface area contributed by atoms with Crippen LogP contribution >= 0.6 is 0 Å². The van der Waals surface area contributed by atoms with Crippen LogP contribution in [0.5, 0.6) is 0 Å². The van der Waals surface area contributed by atoms with Crippen LogP contribution in [0.1, 0.15) is 11.3 Å². The van der Waals surface area contributed by atoms with Crippen molar-refractivity contribution in [3.8, 4) is 11.1 Å². The fourth-order valence-electron chi connectivity index (χ4n) is 1.55. The van der Waals surface area contributed by atoms with Crippen LogP contribution in [0.2, 0.25) is 0 Å². The number of hydrogen-bond acceptors (Lipinski definition) is 3. The Morgan fingerprint density at radius 2 is 1.86 bits per heavy atom. The highest BCUT2D eigenvalue weighted by atomic mass is 16.2. The van der Waals surface area contributed by atoms with Gasteiger partial charge in [-0.2, -0.15) is 0 Å². The summed E-state index contributed by atoms with van der Waals surface area (Å²) in [5.41, 5.74) is 1.98. The number of rotatable bonds is 1. The first-order chi connectivity index (χ1) is 6.61. The maximum Gasteiger partial charge on any atom is 0.234 e. The third-order valence-electron chi connectivity index (χ3n) is 2.33. The number of pyridine rings is 1. The highest BCUT2D eigenvalue weighted by Gasteiger charge is 2.17. The van der Waals surface area contributed by atoms with E-state index in [0.29, 0.717) is 11.1 Å². The molecule has 0 aliphatic rings. The molecule has 2 aromatic rings. The fraction of sp³-hybridized carbons (Fsp3) is 0.182. The van der Waals surface area contributed by atoms with E-state index in [1.165, 1.54) is 0 Å². The van der Waals surface area contributed by atoms with Crippen molar-refractivity contribution in [2.24, 2.45) is 0 Å². The lowest BCUT2D eigenvalue weighted by Crippen LogP contribution is -2.35. The van der Waals surface area contributed by atoms with Gasteiger partial charge in [0.1, 0.15) is 0 Å². The molecule has 3 heteroatoms. The Morgan fingerprint density at radius 1 is 1.14 bits per heavy atom. The Kier molecular flexibility index (Phi) is 1.81. The number of nitrogens with zero attached hydrogens (tertiary/aromatic N) is 1. The van der Waals surface area contributed by atoms with E-state index < -0.39 is 0 Å². The predicted molar refractivity (Wildman–Crippen MR) is 54.1 cm³/mol. The van der Waals surface area contributed by atoms with Gasteiger partial charge in [0, 0.05) is 23.0 Å². The molecule has 0 fully saturated rings. The van der Waals surface area contributed by atoms with Crippen LogP contribution in [-0.4, -0.2) is 4.98 Å². The molecule has 0 radical (unpaired) electrons. The van der Waals surface area contributed by atoms with Gasteiger partial charge in [-0.15, -0.1) is 0 Å². The van der Waals surface area contributed by atoms with E-state index in [0.717, 1.165) is 11.3 Å². The monoisotopic (exact) mass is 187 g/mol. The van der Waals surface area contributed by atoms with Crippen LogP contribution in [0, 0.1) is 13.8 Å². The van der Waals surface area contributed by atoms with Crippen LogP contribution in [0.25, 0.3) is 11.1 Å². The average molecular weight is 187 g/mol. The summed E-state index contributed by atoms with van der Waals surface area (Å²) in [4.78, 5) is 26.3. The van der Waals surface area contributed by atoms with Crippen molar-refractivity contribution in [2.75, 3.05) is 0 Å². The summed E-state index contributed by atoms with van der Waals surface area (Å²) >= 11 is 0. The molecule has 2 rings (SSSR count). The number of aromatic nitrogens is 1. The molecule has 0 bridgehead atoms.